The fourth-order valence-corrected chi connectivity index (χ4v) is 3.81. The normalized spacial score (nSPS) is 10.6. The minimum Gasteiger partial charge on any atom is -0.283 e. The Morgan fingerprint density at radius 1 is 0.857 bits per heavy atom. The smallest absolute Gasteiger partial charge is 0.260 e. The molecule has 2 aromatic heterocycles. The Kier molecular flexibility index (Phi) is 5.21. The van der Waals surface area contributed by atoms with Gasteiger partial charge in [-0.05, 0) is 42.3 Å². The lowest BCUT2D eigenvalue weighted by atomic mass is 10.0. The second-order valence-electron chi connectivity index (χ2n) is 6.12. The van der Waals surface area contributed by atoms with E-state index in [1.807, 2.05) is 61.5 Å². The Hall–Kier alpha value is -3.38. The van der Waals surface area contributed by atoms with Gasteiger partial charge in [-0.3, -0.25) is 14.7 Å². The fourth-order valence-electron chi connectivity index (χ4n) is 2.89. The molecule has 2 aromatic carbocycles. The molecule has 0 aliphatic carbocycles. The summed E-state index contributed by atoms with van der Waals surface area (Å²) in [5.74, 6) is -0.0838. The highest BCUT2D eigenvalue weighted by Crippen LogP contribution is 2.29. The highest BCUT2D eigenvalue weighted by atomic mass is 32.1. The summed E-state index contributed by atoms with van der Waals surface area (Å²) in [6.07, 6.45) is 3.43. The number of hydrogen-bond acceptors (Lipinski definition) is 5. The summed E-state index contributed by atoms with van der Waals surface area (Å²) in [6.45, 7) is 2.45. The molecule has 0 N–H and O–H groups in total. The molecule has 2 heterocycles. The number of rotatable bonds is 5. The lowest BCUT2D eigenvalue weighted by Crippen LogP contribution is -2.30. The van der Waals surface area contributed by atoms with E-state index < -0.39 is 0 Å². The molecule has 1 amide bonds. The first-order valence-electron chi connectivity index (χ1n) is 8.97. The van der Waals surface area contributed by atoms with Crippen molar-refractivity contribution in [3.05, 3.63) is 84.7 Å². The number of pyridine rings is 1. The number of amides is 1. The number of hydrogen-bond donors (Lipinski definition) is 0. The van der Waals surface area contributed by atoms with E-state index in [-0.39, 0.29) is 5.91 Å². The van der Waals surface area contributed by atoms with Gasteiger partial charge in [0.2, 0.25) is 5.13 Å². The molecule has 5 nitrogen and oxygen atoms in total. The lowest BCUT2D eigenvalue weighted by Gasteiger charge is -2.17. The SMILES string of the molecule is CCN(C(=O)c1ccc(-c2ccccc2)cc1)c1nnc(-c2ccncc2)s1. The van der Waals surface area contributed by atoms with Gasteiger partial charge in [-0.1, -0.05) is 53.8 Å². The second kappa shape index (κ2) is 8.10. The molecule has 0 aliphatic rings. The maximum absolute atomic E-state index is 13.0. The van der Waals surface area contributed by atoms with Crippen LogP contribution in [0.4, 0.5) is 5.13 Å². The minimum absolute atomic E-state index is 0.0838. The quantitative estimate of drug-likeness (QED) is 0.488. The summed E-state index contributed by atoms with van der Waals surface area (Å²) in [5, 5.41) is 9.82. The second-order valence-corrected chi connectivity index (χ2v) is 7.07. The van der Waals surface area contributed by atoms with Gasteiger partial charge in [-0.25, -0.2) is 0 Å². The van der Waals surface area contributed by atoms with Crippen molar-refractivity contribution in [2.45, 2.75) is 6.92 Å². The van der Waals surface area contributed by atoms with Crippen LogP contribution in [0.2, 0.25) is 0 Å². The van der Waals surface area contributed by atoms with E-state index in [1.54, 1.807) is 17.3 Å². The minimum atomic E-state index is -0.0838. The molecular formula is C22H18N4OS. The summed E-state index contributed by atoms with van der Waals surface area (Å²) < 4.78 is 0. The van der Waals surface area contributed by atoms with Crippen LogP contribution >= 0.6 is 11.3 Å². The zero-order valence-electron chi connectivity index (χ0n) is 15.3. The van der Waals surface area contributed by atoms with Crippen LogP contribution in [0, 0.1) is 0 Å². The van der Waals surface area contributed by atoms with Crippen LogP contribution in [-0.4, -0.2) is 27.6 Å². The van der Waals surface area contributed by atoms with Crippen LogP contribution in [0.25, 0.3) is 21.7 Å². The number of nitrogens with zero attached hydrogens (tertiary/aromatic N) is 4. The average molecular weight is 386 g/mol. The largest absolute Gasteiger partial charge is 0.283 e. The molecule has 4 aromatic rings. The summed E-state index contributed by atoms with van der Waals surface area (Å²) in [6, 6.07) is 21.5. The third-order valence-electron chi connectivity index (χ3n) is 4.37. The molecule has 0 saturated heterocycles. The van der Waals surface area contributed by atoms with Crippen LogP contribution in [0.1, 0.15) is 17.3 Å². The van der Waals surface area contributed by atoms with Crippen LogP contribution in [0.5, 0.6) is 0 Å². The van der Waals surface area contributed by atoms with Crippen molar-refractivity contribution in [1.82, 2.24) is 15.2 Å². The molecule has 0 unspecified atom stereocenters. The Bertz CT molecular complexity index is 1060. The summed E-state index contributed by atoms with van der Waals surface area (Å²) in [4.78, 5) is 18.7. The van der Waals surface area contributed by atoms with Crippen molar-refractivity contribution < 1.29 is 4.79 Å². The van der Waals surface area contributed by atoms with E-state index >= 15 is 0 Å². The topological polar surface area (TPSA) is 59.0 Å². The van der Waals surface area contributed by atoms with E-state index in [1.165, 1.54) is 11.3 Å². The molecular weight excluding hydrogens is 368 g/mol. The summed E-state index contributed by atoms with van der Waals surface area (Å²) >= 11 is 1.40. The van der Waals surface area contributed by atoms with Crippen molar-refractivity contribution in [3.8, 4) is 21.7 Å². The number of benzene rings is 2. The highest BCUT2D eigenvalue weighted by Gasteiger charge is 2.20. The number of carbonyl (C=O) groups is 1. The molecule has 0 spiro atoms. The maximum Gasteiger partial charge on any atom is 0.260 e. The molecule has 0 saturated carbocycles. The van der Waals surface area contributed by atoms with Crippen LogP contribution in [-0.2, 0) is 0 Å². The first-order chi connectivity index (χ1) is 13.8. The molecule has 0 bridgehead atoms. The molecule has 0 fully saturated rings. The van der Waals surface area contributed by atoms with Gasteiger partial charge in [-0.2, -0.15) is 0 Å². The zero-order chi connectivity index (χ0) is 19.3. The standard InChI is InChI=1S/C22H18N4OS/c1-2-26(22-25-24-20(28-22)18-12-14-23-15-13-18)21(27)19-10-8-17(9-11-19)16-6-4-3-5-7-16/h3-15H,2H2,1H3. The van der Waals surface area contributed by atoms with Crippen LogP contribution in [0.3, 0.4) is 0 Å². The third-order valence-corrected chi connectivity index (χ3v) is 5.37. The van der Waals surface area contributed by atoms with Crippen LogP contribution in [0.15, 0.2) is 79.1 Å². The molecule has 0 atom stereocenters. The number of anilines is 1. The third kappa shape index (κ3) is 3.68. The van der Waals surface area contributed by atoms with Gasteiger partial charge in [0, 0.05) is 30.1 Å². The molecule has 6 heteroatoms. The summed E-state index contributed by atoms with van der Waals surface area (Å²) in [5.41, 5.74) is 3.77. The number of carbonyl (C=O) groups excluding carboxylic acids is 1. The van der Waals surface area contributed by atoms with Gasteiger partial charge in [0.05, 0.1) is 0 Å². The van der Waals surface area contributed by atoms with Gasteiger partial charge in [0.1, 0.15) is 5.01 Å². The van der Waals surface area contributed by atoms with Crippen molar-refractivity contribution in [3.63, 3.8) is 0 Å². The lowest BCUT2D eigenvalue weighted by molar-refractivity contribution is 0.0988. The Morgan fingerprint density at radius 3 is 2.21 bits per heavy atom. The van der Waals surface area contributed by atoms with E-state index in [0.717, 1.165) is 21.7 Å². The fraction of sp³-hybridized carbons (Fsp3) is 0.0909. The van der Waals surface area contributed by atoms with Crippen molar-refractivity contribution in [2.24, 2.45) is 0 Å². The Balaban J connectivity index is 1.57. The van der Waals surface area contributed by atoms with Crippen molar-refractivity contribution >= 4 is 22.4 Å². The van der Waals surface area contributed by atoms with Gasteiger partial charge in [-0.15, -0.1) is 10.2 Å². The van der Waals surface area contributed by atoms with Gasteiger partial charge >= 0.3 is 0 Å². The summed E-state index contributed by atoms with van der Waals surface area (Å²) in [7, 11) is 0. The van der Waals surface area contributed by atoms with E-state index in [2.05, 4.69) is 27.3 Å². The van der Waals surface area contributed by atoms with Crippen LogP contribution < -0.4 is 4.90 Å². The molecule has 28 heavy (non-hydrogen) atoms. The van der Waals surface area contributed by atoms with Gasteiger partial charge in [0.25, 0.3) is 5.91 Å². The molecule has 138 valence electrons. The molecule has 0 aliphatic heterocycles. The van der Waals surface area contributed by atoms with E-state index in [4.69, 9.17) is 0 Å². The Morgan fingerprint density at radius 2 is 1.54 bits per heavy atom. The first-order valence-corrected chi connectivity index (χ1v) is 9.79. The zero-order valence-corrected chi connectivity index (χ0v) is 16.1. The van der Waals surface area contributed by atoms with Crippen molar-refractivity contribution in [2.75, 3.05) is 11.4 Å². The first kappa shape index (κ1) is 18.0. The Labute approximate surface area is 167 Å². The highest BCUT2D eigenvalue weighted by molar-refractivity contribution is 7.18. The van der Waals surface area contributed by atoms with E-state index in [0.29, 0.717) is 17.2 Å². The monoisotopic (exact) mass is 386 g/mol. The van der Waals surface area contributed by atoms with E-state index in [9.17, 15) is 4.79 Å². The molecule has 4 rings (SSSR count). The van der Waals surface area contributed by atoms with Gasteiger partial charge < -0.3 is 0 Å². The predicted octanol–water partition coefficient (Wildman–Crippen LogP) is 4.93. The molecule has 0 radical (unpaired) electrons. The maximum atomic E-state index is 13.0. The van der Waals surface area contributed by atoms with Gasteiger partial charge in [0.15, 0.2) is 0 Å². The average Bonchev–Trinajstić information content (AvgIpc) is 3.25. The number of aromatic nitrogens is 3. The predicted molar refractivity (Wildman–Crippen MR) is 112 cm³/mol. The van der Waals surface area contributed by atoms with Crippen molar-refractivity contribution in [1.29, 1.82) is 0 Å².